The number of pyridine rings is 1. The van der Waals surface area contributed by atoms with Gasteiger partial charge in [-0.15, -0.1) is 0 Å². The highest BCUT2D eigenvalue weighted by Gasteiger charge is 2.20. The van der Waals surface area contributed by atoms with Crippen molar-refractivity contribution in [2.75, 3.05) is 32.3 Å². The summed E-state index contributed by atoms with van der Waals surface area (Å²) in [6.07, 6.45) is 2.10. The highest BCUT2D eigenvalue weighted by atomic mass is 79.9. The van der Waals surface area contributed by atoms with E-state index >= 15 is 0 Å². The summed E-state index contributed by atoms with van der Waals surface area (Å²) in [7, 11) is 3.71. The Balaban J connectivity index is 2.15. The number of rotatable bonds is 3. The zero-order valence-corrected chi connectivity index (χ0v) is 11.7. The Hall–Kier alpha value is -0.810. The average Bonchev–Trinajstić information content (AvgIpc) is 2.39. The first kappa shape index (κ1) is 12.6. The molecule has 0 radical (unpaired) electrons. The molecule has 0 spiro atoms. The van der Waals surface area contributed by atoms with Crippen LogP contribution in [-0.4, -0.2) is 38.4 Å². The van der Waals surface area contributed by atoms with Gasteiger partial charge in [0.1, 0.15) is 5.82 Å². The normalized spacial score (nSPS) is 16.9. The molecule has 17 heavy (non-hydrogen) atoms. The highest BCUT2D eigenvalue weighted by Crippen LogP contribution is 2.27. The lowest BCUT2D eigenvalue weighted by Gasteiger charge is -2.32. The second-order valence-electron chi connectivity index (χ2n) is 4.12. The van der Waals surface area contributed by atoms with E-state index in [2.05, 4.69) is 32.9 Å². The van der Waals surface area contributed by atoms with Crippen LogP contribution in [0.3, 0.4) is 0 Å². The molecular formula is C12H17BrN2O2. The van der Waals surface area contributed by atoms with Gasteiger partial charge in [0, 0.05) is 26.3 Å². The van der Waals surface area contributed by atoms with E-state index in [1.165, 1.54) is 0 Å². The number of hydrogen-bond acceptors (Lipinski definition) is 4. The van der Waals surface area contributed by atoms with Crippen molar-refractivity contribution in [1.29, 1.82) is 0 Å². The first-order chi connectivity index (χ1) is 8.22. The third-order valence-electron chi connectivity index (χ3n) is 3.09. The second-order valence-corrected chi connectivity index (χ2v) is 4.97. The molecule has 94 valence electrons. The smallest absolute Gasteiger partial charge is 0.229 e. The van der Waals surface area contributed by atoms with E-state index in [1.54, 1.807) is 7.11 Å². The van der Waals surface area contributed by atoms with E-state index < -0.39 is 0 Å². The van der Waals surface area contributed by atoms with Gasteiger partial charge in [0.05, 0.1) is 11.6 Å². The van der Waals surface area contributed by atoms with Crippen LogP contribution in [0.25, 0.3) is 0 Å². The van der Waals surface area contributed by atoms with Crippen LogP contribution in [0.4, 0.5) is 5.82 Å². The standard InChI is InChI=1S/C12H17BrN2O2/c1-15(9-5-7-17-8-6-9)11-4-3-10(13)12(14-11)16-2/h3-4,9H,5-8H2,1-2H3. The van der Waals surface area contributed by atoms with Crippen molar-refractivity contribution >= 4 is 21.7 Å². The Labute approximate surface area is 110 Å². The number of nitrogens with zero attached hydrogens (tertiary/aromatic N) is 2. The van der Waals surface area contributed by atoms with Crippen molar-refractivity contribution in [2.45, 2.75) is 18.9 Å². The molecule has 1 saturated heterocycles. The van der Waals surface area contributed by atoms with Gasteiger partial charge >= 0.3 is 0 Å². The maximum atomic E-state index is 5.37. The quantitative estimate of drug-likeness (QED) is 0.859. The Kier molecular flexibility index (Phi) is 4.23. The summed E-state index contributed by atoms with van der Waals surface area (Å²) in [5, 5.41) is 0. The van der Waals surface area contributed by atoms with Crippen LogP contribution in [0.1, 0.15) is 12.8 Å². The predicted octanol–water partition coefficient (Wildman–Crippen LogP) is 2.47. The molecule has 1 aromatic rings. The monoisotopic (exact) mass is 300 g/mol. The lowest BCUT2D eigenvalue weighted by atomic mass is 10.1. The second kappa shape index (κ2) is 5.69. The van der Waals surface area contributed by atoms with Gasteiger partial charge in [-0.2, -0.15) is 4.98 Å². The molecule has 0 atom stereocenters. The maximum absolute atomic E-state index is 5.37. The first-order valence-electron chi connectivity index (χ1n) is 5.73. The largest absolute Gasteiger partial charge is 0.480 e. The van der Waals surface area contributed by atoms with Gasteiger partial charge < -0.3 is 14.4 Å². The van der Waals surface area contributed by atoms with Crippen molar-refractivity contribution in [2.24, 2.45) is 0 Å². The zero-order chi connectivity index (χ0) is 12.3. The molecule has 0 amide bonds. The minimum atomic E-state index is 0.502. The number of aromatic nitrogens is 1. The summed E-state index contributed by atoms with van der Waals surface area (Å²) in [5.41, 5.74) is 0. The molecule has 0 N–H and O–H groups in total. The molecule has 1 aliphatic rings. The van der Waals surface area contributed by atoms with E-state index in [9.17, 15) is 0 Å². The fourth-order valence-electron chi connectivity index (χ4n) is 2.01. The molecule has 0 unspecified atom stereocenters. The summed E-state index contributed by atoms with van der Waals surface area (Å²) in [6.45, 7) is 1.67. The zero-order valence-electron chi connectivity index (χ0n) is 10.1. The number of anilines is 1. The van der Waals surface area contributed by atoms with E-state index in [-0.39, 0.29) is 0 Å². The van der Waals surface area contributed by atoms with Crippen LogP contribution in [0.2, 0.25) is 0 Å². The molecule has 1 fully saturated rings. The third-order valence-corrected chi connectivity index (χ3v) is 3.70. The van der Waals surface area contributed by atoms with E-state index in [0.29, 0.717) is 11.9 Å². The molecule has 0 saturated carbocycles. The molecule has 4 nitrogen and oxygen atoms in total. The van der Waals surface area contributed by atoms with Crippen LogP contribution in [0.5, 0.6) is 5.88 Å². The van der Waals surface area contributed by atoms with E-state index in [1.807, 2.05) is 12.1 Å². The maximum Gasteiger partial charge on any atom is 0.229 e. The molecule has 2 heterocycles. The summed E-state index contributed by atoms with van der Waals surface area (Å²) in [5.74, 6) is 1.57. The number of methoxy groups -OCH3 is 1. The van der Waals surface area contributed by atoms with Gasteiger partial charge in [0.25, 0.3) is 0 Å². The lowest BCUT2D eigenvalue weighted by Crippen LogP contribution is -2.37. The van der Waals surface area contributed by atoms with Gasteiger partial charge in [-0.05, 0) is 40.9 Å². The van der Waals surface area contributed by atoms with Crippen molar-refractivity contribution in [3.8, 4) is 5.88 Å². The first-order valence-corrected chi connectivity index (χ1v) is 6.53. The van der Waals surface area contributed by atoms with E-state index in [4.69, 9.17) is 9.47 Å². The minimum absolute atomic E-state index is 0.502. The fourth-order valence-corrected chi connectivity index (χ4v) is 2.40. The summed E-state index contributed by atoms with van der Waals surface area (Å²) < 4.78 is 11.5. The number of halogens is 1. The molecule has 0 bridgehead atoms. The van der Waals surface area contributed by atoms with Gasteiger partial charge in [-0.1, -0.05) is 0 Å². The molecule has 1 aromatic heterocycles. The van der Waals surface area contributed by atoms with Crippen molar-refractivity contribution in [3.05, 3.63) is 16.6 Å². The topological polar surface area (TPSA) is 34.6 Å². The average molecular weight is 301 g/mol. The highest BCUT2D eigenvalue weighted by molar-refractivity contribution is 9.10. The number of hydrogen-bond donors (Lipinski definition) is 0. The molecular weight excluding hydrogens is 284 g/mol. The van der Waals surface area contributed by atoms with Gasteiger partial charge in [0.2, 0.25) is 5.88 Å². The molecule has 1 aliphatic heterocycles. The Morgan fingerprint density at radius 2 is 2.12 bits per heavy atom. The summed E-state index contributed by atoms with van der Waals surface area (Å²) in [4.78, 5) is 6.69. The minimum Gasteiger partial charge on any atom is -0.480 e. The van der Waals surface area contributed by atoms with E-state index in [0.717, 1.165) is 36.3 Å². The Morgan fingerprint density at radius 1 is 1.41 bits per heavy atom. The fraction of sp³-hybridized carbons (Fsp3) is 0.583. The summed E-state index contributed by atoms with van der Waals surface area (Å²) >= 11 is 3.41. The van der Waals surface area contributed by atoms with Crippen LogP contribution in [-0.2, 0) is 4.74 Å². The number of ether oxygens (including phenoxy) is 2. The molecule has 2 rings (SSSR count). The SMILES string of the molecule is COc1nc(N(C)C2CCOCC2)ccc1Br. The van der Waals surface area contributed by atoms with Crippen LogP contribution >= 0.6 is 15.9 Å². The van der Waals surface area contributed by atoms with Crippen LogP contribution < -0.4 is 9.64 Å². The van der Waals surface area contributed by atoms with Crippen LogP contribution in [0.15, 0.2) is 16.6 Å². The molecule has 5 heteroatoms. The third kappa shape index (κ3) is 2.90. The summed E-state index contributed by atoms with van der Waals surface area (Å²) in [6, 6.07) is 4.47. The molecule has 0 aliphatic carbocycles. The molecule has 0 aromatic carbocycles. The Bertz CT molecular complexity index is 381. The van der Waals surface area contributed by atoms with Gasteiger partial charge in [-0.25, -0.2) is 0 Å². The van der Waals surface area contributed by atoms with Crippen molar-refractivity contribution < 1.29 is 9.47 Å². The Morgan fingerprint density at radius 3 is 2.76 bits per heavy atom. The van der Waals surface area contributed by atoms with Gasteiger partial charge in [0.15, 0.2) is 0 Å². The lowest BCUT2D eigenvalue weighted by molar-refractivity contribution is 0.0853. The van der Waals surface area contributed by atoms with Crippen molar-refractivity contribution in [1.82, 2.24) is 4.98 Å². The van der Waals surface area contributed by atoms with Crippen molar-refractivity contribution in [3.63, 3.8) is 0 Å². The van der Waals surface area contributed by atoms with Crippen LogP contribution in [0, 0.1) is 0 Å². The predicted molar refractivity (Wildman–Crippen MR) is 70.7 cm³/mol. The van der Waals surface area contributed by atoms with Gasteiger partial charge in [-0.3, -0.25) is 0 Å².